The summed E-state index contributed by atoms with van der Waals surface area (Å²) in [5, 5.41) is 0.654. The maximum absolute atomic E-state index is 11.1. The van der Waals surface area contributed by atoms with Crippen molar-refractivity contribution in [2.24, 2.45) is 0 Å². The Balaban J connectivity index is 2.30. The lowest BCUT2D eigenvalue weighted by molar-refractivity contribution is 0.112. The summed E-state index contributed by atoms with van der Waals surface area (Å²) in [6, 6.07) is 11.2. The third-order valence-corrected chi connectivity index (χ3v) is 4.25. The van der Waals surface area contributed by atoms with E-state index in [1.807, 2.05) is 30.3 Å². The number of aromatic nitrogens is 1. The zero-order valence-corrected chi connectivity index (χ0v) is 12.5. The number of carbonyl (C=O) groups excluding carboxylic acids is 1. The number of rotatable bonds is 3. The van der Waals surface area contributed by atoms with E-state index in [1.54, 1.807) is 17.8 Å². The standard InChI is InChI=1S/C16H11ClN2OS/c17-12-3-1-2-10(6-12)13-5-4-11(8-20)16(18)15(13)14-7-19-9-21-14/h1-9H,18H2. The minimum absolute atomic E-state index is 0.465. The number of hydrogen-bond donors (Lipinski definition) is 1. The smallest absolute Gasteiger partial charge is 0.152 e. The average Bonchev–Trinajstić information content (AvgIpc) is 3.00. The monoisotopic (exact) mass is 314 g/mol. The number of nitrogens with two attached hydrogens (primary N) is 1. The predicted octanol–water partition coefficient (Wildman–Crippen LogP) is 4.53. The van der Waals surface area contributed by atoms with Crippen LogP contribution in [0.5, 0.6) is 0 Å². The molecule has 0 aliphatic carbocycles. The first-order valence-electron chi connectivity index (χ1n) is 6.23. The second-order valence-corrected chi connectivity index (χ2v) is 5.81. The van der Waals surface area contributed by atoms with Crippen LogP contribution in [0.1, 0.15) is 10.4 Å². The number of anilines is 1. The van der Waals surface area contributed by atoms with Crippen LogP contribution < -0.4 is 5.73 Å². The van der Waals surface area contributed by atoms with Crippen molar-refractivity contribution >= 4 is 34.9 Å². The molecule has 0 bridgehead atoms. The zero-order valence-electron chi connectivity index (χ0n) is 10.9. The molecule has 3 aromatic rings. The van der Waals surface area contributed by atoms with Crippen LogP contribution in [0.15, 0.2) is 48.1 Å². The van der Waals surface area contributed by atoms with Gasteiger partial charge in [0.15, 0.2) is 6.29 Å². The third-order valence-electron chi connectivity index (χ3n) is 3.22. The number of carbonyl (C=O) groups is 1. The number of nitrogen functional groups attached to an aromatic ring is 1. The Hall–Kier alpha value is -2.17. The van der Waals surface area contributed by atoms with Crippen molar-refractivity contribution in [3.05, 3.63) is 58.7 Å². The van der Waals surface area contributed by atoms with E-state index in [0.29, 0.717) is 16.3 Å². The fourth-order valence-corrected chi connectivity index (χ4v) is 3.12. The Morgan fingerprint density at radius 3 is 2.76 bits per heavy atom. The number of aldehydes is 1. The van der Waals surface area contributed by atoms with Crippen LogP contribution in [-0.2, 0) is 0 Å². The molecule has 1 heterocycles. The van der Waals surface area contributed by atoms with Gasteiger partial charge in [-0.05, 0) is 29.3 Å². The second kappa shape index (κ2) is 5.68. The molecule has 0 aliphatic heterocycles. The SMILES string of the molecule is Nc1c(C=O)ccc(-c2cccc(Cl)c2)c1-c1cncs1. The maximum Gasteiger partial charge on any atom is 0.152 e. The van der Waals surface area contributed by atoms with Crippen LogP contribution in [-0.4, -0.2) is 11.3 Å². The summed E-state index contributed by atoms with van der Waals surface area (Å²) in [6.07, 6.45) is 2.51. The highest BCUT2D eigenvalue weighted by atomic mass is 35.5. The van der Waals surface area contributed by atoms with Crippen molar-refractivity contribution in [2.75, 3.05) is 5.73 Å². The largest absolute Gasteiger partial charge is 0.398 e. The van der Waals surface area contributed by atoms with E-state index < -0.39 is 0 Å². The molecule has 2 aromatic carbocycles. The van der Waals surface area contributed by atoms with E-state index in [1.165, 1.54) is 11.3 Å². The van der Waals surface area contributed by atoms with Crippen LogP contribution in [0, 0.1) is 0 Å². The van der Waals surface area contributed by atoms with Gasteiger partial charge in [-0.1, -0.05) is 29.8 Å². The summed E-state index contributed by atoms with van der Waals surface area (Å²) < 4.78 is 0. The van der Waals surface area contributed by atoms with Gasteiger partial charge in [0, 0.05) is 22.3 Å². The quantitative estimate of drug-likeness (QED) is 0.571. The van der Waals surface area contributed by atoms with Gasteiger partial charge < -0.3 is 5.73 Å². The first-order valence-corrected chi connectivity index (χ1v) is 7.49. The lowest BCUT2D eigenvalue weighted by atomic mass is 9.95. The van der Waals surface area contributed by atoms with Gasteiger partial charge in [-0.3, -0.25) is 9.78 Å². The van der Waals surface area contributed by atoms with E-state index in [4.69, 9.17) is 17.3 Å². The van der Waals surface area contributed by atoms with Crippen molar-refractivity contribution in [2.45, 2.75) is 0 Å². The summed E-state index contributed by atoms with van der Waals surface area (Å²) in [5.74, 6) is 0. The molecule has 0 atom stereocenters. The maximum atomic E-state index is 11.1. The Labute approximate surface area is 131 Å². The molecular weight excluding hydrogens is 304 g/mol. The fraction of sp³-hybridized carbons (Fsp3) is 0. The van der Waals surface area contributed by atoms with Crippen LogP contribution in [0.3, 0.4) is 0 Å². The number of nitrogens with zero attached hydrogens (tertiary/aromatic N) is 1. The molecular formula is C16H11ClN2OS. The molecule has 0 amide bonds. The minimum Gasteiger partial charge on any atom is -0.398 e. The zero-order chi connectivity index (χ0) is 14.8. The van der Waals surface area contributed by atoms with Crippen LogP contribution in [0.2, 0.25) is 5.02 Å². The molecule has 104 valence electrons. The molecule has 2 N–H and O–H groups in total. The van der Waals surface area contributed by atoms with Gasteiger partial charge in [0.25, 0.3) is 0 Å². The molecule has 5 heteroatoms. The molecule has 0 radical (unpaired) electrons. The third kappa shape index (κ3) is 2.55. The first-order chi connectivity index (χ1) is 10.2. The fourth-order valence-electron chi connectivity index (χ4n) is 2.24. The molecule has 3 nitrogen and oxygen atoms in total. The molecule has 0 aliphatic rings. The van der Waals surface area contributed by atoms with Gasteiger partial charge in [0.1, 0.15) is 0 Å². The van der Waals surface area contributed by atoms with Gasteiger partial charge in [0.2, 0.25) is 0 Å². The summed E-state index contributed by atoms with van der Waals surface area (Å²) in [5.41, 5.74) is 11.6. The highest BCUT2D eigenvalue weighted by molar-refractivity contribution is 7.13. The summed E-state index contributed by atoms with van der Waals surface area (Å²) >= 11 is 7.56. The number of halogens is 1. The average molecular weight is 315 g/mol. The normalized spacial score (nSPS) is 10.5. The van der Waals surface area contributed by atoms with Gasteiger partial charge in [-0.15, -0.1) is 11.3 Å². The van der Waals surface area contributed by atoms with Crippen LogP contribution in [0.4, 0.5) is 5.69 Å². The molecule has 1 aromatic heterocycles. The van der Waals surface area contributed by atoms with Crippen molar-refractivity contribution in [1.82, 2.24) is 4.98 Å². The molecule has 3 rings (SSSR count). The van der Waals surface area contributed by atoms with Gasteiger partial charge >= 0.3 is 0 Å². The topological polar surface area (TPSA) is 56.0 Å². The molecule has 21 heavy (non-hydrogen) atoms. The van der Waals surface area contributed by atoms with E-state index in [9.17, 15) is 4.79 Å². The molecule has 0 fully saturated rings. The summed E-state index contributed by atoms with van der Waals surface area (Å²) in [6.45, 7) is 0. The Morgan fingerprint density at radius 1 is 1.24 bits per heavy atom. The Kier molecular flexibility index (Phi) is 3.73. The Bertz CT molecular complexity index is 800. The van der Waals surface area contributed by atoms with Gasteiger partial charge in [-0.25, -0.2) is 0 Å². The van der Waals surface area contributed by atoms with Crippen molar-refractivity contribution in [3.63, 3.8) is 0 Å². The second-order valence-electron chi connectivity index (χ2n) is 4.48. The van der Waals surface area contributed by atoms with Gasteiger partial charge in [-0.2, -0.15) is 0 Å². The summed E-state index contributed by atoms with van der Waals surface area (Å²) in [7, 11) is 0. The molecule has 0 saturated carbocycles. The van der Waals surface area contributed by atoms with Gasteiger partial charge in [0.05, 0.1) is 16.1 Å². The highest BCUT2D eigenvalue weighted by Crippen LogP contribution is 2.40. The van der Waals surface area contributed by atoms with E-state index in [2.05, 4.69) is 4.98 Å². The summed E-state index contributed by atoms with van der Waals surface area (Å²) in [4.78, 5) is 16.2. The van der Waals surface area contributed by atoms with Crippen LogP contribution >= 0.6 is 22.9 Å². The van der Waals surface area contributed by atoms with E-state index >= 15 is 0 Å². The predicted molar refractivity (Wildman–Crippen MR) is 87.8 cm³/mol. The lowest BCUT2D eigenvalue weighted by Gasteiger charge is -2.13. The van der Waals surface area contributed by atoms with Crippen molar-refractivity contribution < 1.29 is 4.79 Å². The molecule has 0 spiro atoms. The Morgan fingerprint density at radius 2 is 2.10 bits per heavy atom. The molecule has 0 unspecified atom stereocenters. The number of thiazole rings is 1. The number of benzene rings is 2. The van der Waals surface area contributed by atoms with E-state index in [-0.39, 0.29) is 0 Å². The van der Waals surface area contributed by atoms with E-state index in [0.717, 1.165) is 27.9 Å². The van der Waals surface area contributed by atoms with Crippen molar-refractivity contribution in [1.29, 1.82) is 0 Å². The highest BCUT2D eigenvalue weighted by Gasteiger charge is 2.15. The van der Waals surface area contributed by atoms with Crippen LogP contribution in [0.25, 0.3) is 21.6 Å². The van der Waals surface area contributed by atoms with Crippen molar-refractivity contribution in [3.8, 4) is 21.6 Å². The molecule has 0 saturated heterocycles. The lowest BCUT2D eigenvalue weighted by Crippen LogP contribution is -1.98. The first kappa shape index (κ1) is 13.8. The number of hydrogen-bond acceptors (Lipinski definition) is 4. The minimum atomic E-state index is 0.465.